The number of nitrogens with one attached hydrogen (secondary N) is 3. The number of carbonyl (C=O) groups is 1. The van der Waals surface area contributed by atoms with Crippen LogP contribution in [-0.2, 0) is 0 Å². The minimum Gasteiger partial charge on any atom is -0.322 e. The number of fused-ring (bicyclic) bond motifs is 1. The molecule has 1 aliphatic heterocycles. The summed E-state index contributed by atoms with van der Waals surface area (Å²) in [5.41, 5.74) is -0.184. The molecule has 1 saturated heterocycles. The van der Waals surface area contributed by atoms with Crippen LogP contribution in [0.4, 0.5) is 10.8 Å². The van der Waals surface area contributed by atoms with E-state index < -0.39 is 16.4 Å². The van der Waals surface area contributed by atoms with Gasteiger partial charge in [-0.2, -0.15) is 0 Å². The number of nitro benzene ring substituents is 1. The summed E-state index contributed by atoms with van der Waals surface area (Å²) in [5.74, 6) is -0.102. The van der Waals surface area contributed by atoms with E-state index in [2.05, 4.69) is 20.6 Å². The van der Waals surface area contributed by atoms with Crippen molar-refractivity contribution in [3.8, 4) is 0 Å². The molecule has 0 atom stereocenters. The molecule has 0 radical (unpaired) electrons. The van der Waals surface area contributed by atoms with Crippen LogP contribution in [0.15, 0.2) is 35.3 Å². The monoisotopic (exact) mass is 399 g/mol. The van der Waals surface area contributed by atoms with Gasteiger partial charge in [-0.25, -0.2) is 4.98 Å². The van der Waals surface area contributed by atoms with Crippen LogP contribution < -0.4 is 16.2 Å². The number of H-pyrrole nitrogens is 1. The topological polar surface area (TPSA) is 130 Å². The van der Waals surface area contributed by atoms with Crippen LogP contribution in [0.1, 0.15) is 34.0 Å². The molecule has 0 saturated carbocycles. The Hall–Kier alpha value is -3.11. The maximum Gasteiger partial charge on any atom is 0.270 e. The molecule has 3 aromatic rings. The normalized spacial score (nSPS) is 14.9. The summed E-state index contributed by atoms with van der Waals surface area (Å²) >= 11 is 1.42. The third kappa shape index (κ3) is 3.64. The van der Waals surface area contributed by atoms with Crippen LogP contribution in [0, 0.1) is 10.1 Å². The predicted octanol–water partition coefficient (Wildman–Crippen LogP) is 2.61. The fraction of sp³-hybridized carbons (Fsp3) is 0.278. The second-order valence-corrected chi connectivity index (χ2v) is 7.64. The van der Waals surface area contributed by atoms with E-state index in [1.807, 2.05) is 0 Å². The number of carbonyl (C=O) groups excluding carboxylic acids is 1. The van der Waals surface area contributed by atoms with Gasteiger partial charge in [0.1, 0.15) is 0 Å². The first-order valence-electron chi connectivity index (χ1n) is 8.80. The van der Waals surface area contributed by atoms with Crippen molar-refractivity contribution in [2.45, 2.75) is 18.8 Å². The molecule has 28 heavy (non-hydrogen) atoms. The Morgan fingerprint density at radius 2 is 2.07 bits per heavy atom. The SMILES string of the molecule is O=C(Nc1ncc(C2CCNCC2)s1)c1cc(=O)[nH]c2ccc([N+](=O)[O-])cc12. The second kappa shape index (κ2) is 7.49. The Balaban J connectivity index is 1.63. The number of aromatic nitrogens is 2. The van der Waals surface area contributed by atoms with Crippen LogP contribution in [0.5, 0.6) is 0 Å². The molecule has 0 bridgehead atoms. The third-order valence-corrected chi connectivity index (χ3v) is 5.84. The van der Waals surface area contributed by atoms with E-state index in [4.69, 9.17) is 0 Å². The summed E-state index contributed by atoms with van der Waals surface area (Å²) in [6.45, 7) is 1.92. The molecule has 1 amide bonds. The molecule has 0 spiro atoms. The van der Waals surface area contributed by atoms with Crippen molar-refractivity contribution >= 4 is 39.0 Å². The molecular weight excluding hydrogens is 382 g/mol. The van der Waals surface area contributed by atoms with Crippen LogP contribution in [0.25, 0.3) is 10.9 Å². The molecule has 3 heterocycles. The quantitative estimate of drug-likeness (QED) is 0.457. The van der Waals surface area contributed by atoms with Crippen LogP contribution in [-0.4, -0.2) is 33.9 Å². The first kappa shape index (κ1) is 18.3. The Kier molecular flexibility index (Phi) is 4.88. The van der Waals surface area contributed by atoms with E-state index in [9.17, 15) is 19.7 Å². The minimum atomic E-state index is -0.543. The minimum absolute atomic E-state index is 0.0704. The Morgan fingerprint density at radius 3 is 2.82 bits per heavy atom. The number of nitrogens with zero attached hydrogens (tertiary/aromatic N) is 2. The van der Waals surface area contributed by atoms with Gasteiger partial charge in [-0.05, 0) is 37.9 Å². The zero-order valence-electron chi connectivity index (χ0n) is 14.7. The summed E-state index contributed by atoms with van der Waals surface area (Å²) in [7, 11) is 0. The van der Waals surface area contributed by atoms with Gasteiger partial charge in [-0.15, -0.1) is 11.3 Å². The van der Waals surface area contributed by atoms with E-state index in [0.717, 1.165) is 36.9 Å². The highest BCUT2D eigenvalue weighted by atomic mass is 32.1. The lowest BCUT2D eigenvalue weighted by Crippen LogP contribution is -2.26. The number of amides is 1. The molecule has 4 rings (SSSR count). The van der Waals surface area contributed by atoms with Crippen molar-refractivity contribution in [3.63, 3.8) is 0 Å². The molecule has 1 aliphatic rings. The highest BCUT2D eigenvalue weighted by Crippen LogP contribution is 2.32. The predicted molar refractivity (Wildman–Crippen MR) is 106 cm³/mol. The molecule has 0 aliphatic carbocycles. The maximum atomic E-state index is 12.8. The molecule has 3 N–H and O–H groups in total. The number of pyridine rings is 1. The zero-order valence-corrected chi connectivity index (χ0v) is 15.5. The Labute approximate surface area is 163 Å². The van der Waals surface area contributed by atoms with E-state index in [1.54, 1.807) is 6.20 Å². The number of hydrogen-bond acceptors (Lipinski definition) is 7. The van der Waals surface area contributed by atoms with E-state index in [0.29, 0.717) is 22.0 Å². The highest BCUT2D eigenvalue weighted by molar-refractivity contribution is 7.15. The number of aromatic amines is 1. The average Bonchev–Trinajstić information content (AvgIpc) is 3.16. The van der Waals surface area contributed by atoms with Crippen molar-refractivity contribution < 1.29 is 9.72 Å². The van der Waals surface area contributed by atoms with Crippen LogP contribution in [0.2, 0.25) is 0 Å². The van der Waals surface area contributed by atoms with Gasteiger partial charge in [-0.3, -0.25) is 25.0 Å². The number of hydrogen-bond donors (Lipinski definition) is 3. The molecule has 10 heteroatoms. The van der Waals surface area contributed by atoms with Gasteiger partial charge in [0.05, 0.1) is 10.5 Å². The fourth-order valence-electron chi connectivity index (χ4n) is 3.35. The van der Waals surface area contributed by atoms with Crippen molar-refractivity contribution in [3.05, 3.63) is 61.4 Å². The lowest BCUT2D eigenvalue weighted by atomic mass is 9.97. The van der Waals surface area contributed by atoms with Crippen molar-refractivity contribution in [2.24, 2.45) is 0 Å². The van der Waals surface area contributed by atoms with Gasteiger partial charge in [0.25, 0.3) is 11.6 Å². The van der Waals surface area contributed by atoms with Crippen LogP contribution in [0.3, 0.4) is 0 Å². The molecule has 9 nitrogen and oxygen atoms in total. The lowest BCUT2D eigenvalue weighted by molar-refractivity contribution is -0.384. The maximum absolute atomic E-state index is 12.8. The Bertz CT molecular complexity index is 1120. The molecule has 144 valence electrons. The molecule has 1 fully saturated rings. The van der Waals surface area contributed by atoms with Gasteiger partial charge in [0.15, 0.2) is 5.13 Å². The van der Waals surface area contributed by atoms with Crippen molar-refractivity contribution in [1.29, 1.82) is 0 Å². The number of anilines is 1. The van der Waals surface area contributed by atoms with E-state index in [-0.39, 0.29) is 11.3 Å². The molecule has 0 unspecified atom stereocenters. The summed E-state index contributed by atoms with van der Waals surface area (Å²) in [6, 6.07) is 5.13. The molecule has 1 aromatic carbocycles. The zero-order chi connectivity index (χ0) is 19.7. The first-order valence-corrected chi connectivity index (χ1v) is 9.62. The summed E-state index contributed by atoms with van der Waals surface area (Å²) < 4.78 is 0. The van der Waals surface area contributed by atoms with Crippen molar-refractivity contribution in [2.75, 3.05) is 18.4 Å². The largest absolute Gasteiger partial charge is 0.322 e. The third-order valence-electron chi connectivity index (χ3n) is 4.77. The number of nitro groups is 1. The number of rotatable bonds is 4. The highest BCUT2D eigenvalue weighted by Gasteiger charge is 2.20. The number of non-ortho nitro benzene ring substituents is 1. The summed E-state index contributed by atoms with van der Waals surface area (Å²) in [6.07, 6.45) is 3.83. The van der Waals surface area contributed by atoms with Gasteiger partial charge < -0.3 is 10.3 Å². The first-order chi connectivity index (χ1) is 13.5. The number of piperidine rings is 1. The standard InChI is InChI=1S/C18H17N5O4S/c24-16-8-13(12-7-11(23(26)27)1-2-14(12)21-16)17(25)22-18-20-9-15(28-18)10-3-5-19-6-4-10/h1-2,7-10,19H,3-6H2,(H,21,24)(H,20,22,25). The van der Waals surface area contributed by atoms with Crippen LogP contribution >= 0.6 is 11.3 Å². The van der Waals surface area contributed by atoms with E-state index in [1.165, 1.54) is 29.5 Å². The second-order valence-electron chi connectivity index (χ2n) is 6.58. The van der Waals surface area contributed by atoms with Gasteiger partial charge in [0.2, 0.25) is 5.56 Å². The van der Waals surface area contributed by atoms with Crippen molar-refractivity contribution in [1.82, 2.24) is 15.3 Å². The smallest absolute Gasteiger partial charge is 0.270 e. The Morgan fingerprint density at radius 1 is 1.29 bits per heavy atom. The fourth-order valence-corrected chi connectivity index (χ4v) is 4.33. The van der Waals surface area contributed by atoms with Gasteiger partial charge in [-0.1, -0.05) is 0 Å². The lowest BCUT2D eigenvalue weighted by Gasteiger charge is -2.20. The van der Waals surface area contributed by atoms with Gasteiger partial charge in [0, 0.05) is 40.2 Å². The summed E-state index contributed by atoms with van der Waals surface area (Å²) in [4.78, 5) is 43.2. The summed E-state index contributed by atoms with van der Waals surface area (Å²) in [5, 5.41) is 17.8. The van der Waals surface area contributed by atoms with Gasteiger partial charge >= 0.3 is 0 Å². The molecule has 2 aromatic heterocycles. The number of benzene rings is 1. The molecular formula is C18H17N5O4S. The average molecular weight is 399 g/mol. The number of thiazole rings is 1. The van der Waals surface area contributed by atoms with E-state index >= 15 is 0 Å².